The number of Topliss-reactive ketones (excluding diaryl/α,β-unsaturated/α-hetero) is 1. The van der Waals surface area contributed by atoms with E-state index < -0.39 is 0 Å². The van der Waals surface area contributed by atoms with Crippen LogP contribution in [0.2, 0.25) is 5.02 Å². The van der Waals surface area contributed by atoms with Crippen LogP contribution >= 0.6 is 11.6 Å². The fraction of sp³-hybridized carbons (Fsp3) is 0. The third-order valence-corrected chi connectivity index (χ3v) is 5.01. The molecule has 4 rings (SSSR count). The average molecular weight is 426 g/mol. The van der Waals surface area contributed by atoms with Crippen molar-refractivity contribution in [1.82, 2.24) is 4.98 Å². The normalized spacial score (nSPS) is 11.2. The maximum atomic E-state index is 12.9. The third kappa shape index (κ3) is 4.40. The van der Waals surface area contributed by atoms with Crippen LogP contribution in [0.15, 0.2) is 84.6 Å². The first-order valence-corrected chi connectivity index (χ1v) is 9.82. The highest BCUT2D eigenvalue weighted by Gasteiger charge is 2.16. The number of fused-ring (bicyclic) bond motifs is 1. The standard InChI is InChI=1S/C25H16ClN3O2/c26-19-10-8-17(9-11-19)25(31)29-20-5-3-4-16(13-20)12-18(14-27)24(30)22-15-28-23-7-2-1-6-21(22)23/h1-13,15,28H,(H,29,31)/b18-12+. The number of nitriles is 1. The Balaban J connectivity index is 1.58. The summed E-state index contributed by atoms with van der Waals surface area (Å²) >= 11 is 5.86. The molecule has 1 amide bonds. The van der Waals surface area contributed by atoms with E-state index in [0.717, 1.165) is 10.9 Å². The molecule has 0 saturated heterocycles. The third-order valence-electron chi connectivity index (χ3n) is 4.76. The lowest BCUT2D eigenvalue weighted by atomic mass is 10.0. The molecule has 0 spiro atoms. The number of aromatic nitrogens is 1. The van der Waals surface area contributed by atoms with Crippen LogP contribution in [0.4, 0.5) is 5.69 Å². The van der Waals surface area contributed by atoms with Crippen LogP contribution in [0.1, 0.15) is 26.3 Å². The van der Waals surface area contributed by atoms with Gasteiger partial charge < -0.3 is 10.3 Å². The van der Waals surface area contributed by atoms with Crippen molar-refractivity contribution >= 4 is 46.0 Å². The Morgan fingerprint density at radius 1 is 1.00 bits per heavy atom. The molecule has 0 unspecified atom stereocenters. The number of anilines is 1. The summed E-state index contributed by atoms with van der Waals surface area (Å²) in [7, 11) is 0. The first-order valence-electron chi connectivity index (χ1n) is 9.45. The lowest BCUT2D eigenvalue weighted by molar-refractivity contribution is 0.102. The number of hydrogen-bond donors (Lipinski definition) is 2. The van der Waals surface area contributed by atoms with Gasteiger partial charge in [0.15, 0.2) is 0 Å². The number of H-pyrrole nitrogens is 1. The zero-order valence-electron chi connectivity index (χ0n) is 16.2. The van der Waals surface area contributed by atoms with Crippen LogP contribution in [0.5, 0.6) is 0 Å². The van der Waals surface area contributed by atoms with Crippen molar-refractivity contribution < 1.29 is 9.59 Å². The topological polar surface area (TPSA) is 85.8 Å². The molecule has 4 aromatic rings. The van der Waals surface area contributed by atoms with Crippen LogP contribution in [0, 0.1) is 11.3 Å². The van der Waals surface area contributed by atoms with Crippen molar-refractivity contribution in [2.45, 2.75) is 0 Å². The number of halogens is 1. The smallest absolute Gasteiger partial charge is 0.255 e. The molecule has 2 N–H and O–H groups in total. The molecule has 31 heavy (non-hydrogen) atoms. The predicted molar refractivity (Wildman–Crippen MR) is 122 cm³/mol. The molecule has 0 aliphatic carbocycles. The number of para-hydroxylation sites is 1. The molecular weight excluding hydrogens is 410 g/mol. The van der Waals surface area contributed by atoms with Gasteiger partial charge in [-0.15, -0.1) is 0 Å². The van der Waals surface area contributed by atoms with Crippen molar-refractivity contribution in [3.63, 3.8) is 0 Å². The van der Waals surface area contributed by atoms with E-state index in [-0.39, 0.29) is 17.3 Å². The summed E-state index contributed by atoms with van der Waals surface area (Å²) in [6.07, 6.45) is 3.13. The Hall–Kier alpha value is -4.14. The number of ketones is 1. The second kappa shape index (κ2) is 8.70. The van der Waals surface area contributed by atoms with Crippen LogP contribution in [-0.2, 0) is 0 Å². The van der Waals surface area contributed by atoms with Gasteiger partial charge in [-0.25, -0.2) is 0 Å². The Morgan fingerprint density at radius 3 is 2.55 bits per heavy atom. The summed E-state index contributed by atoms with van der Waals surface area (Å²) in [5, 5.41) is 13.7. The second-order valence-corrected chi connectivity index (χ2v) is 7.27. The Kier molecular flexibility index (Phi) is 5.65. The summed E-state index contributed by atoms with van der Waals surface area (Å²) < 4.78 is 0. The largest absolute Gasteiger partial charge is 0.360 e. The molecule has 0 fully saturated rings. The zero-order valence-corrected chi connectivity index (χ0v) is 17.0. The van der Waals surface area contributed by atoms with Crippen LogP contribution in [0.3, 0.4) is 0 Å². The highest BCUT2D eigenvalue weighted by atomic mass is 35.5. The highest BCUT2D eigenvalue weighted by molar-refractivity contribution is 6.30. The number of nitrogens with one attached hydrogen (secondary N) is 2. The number of hydrogen-bond acceptors (Lipinski definition) is 3. The molecule has 1 aromatic heterocycles. The molecule has 0 saturated carbocycles. The van der Waals surface area contributed by atoms with Gasteiger partial charge in [-0.05, 0) is 54.1 Å². The first kappa shape index (κ1) is 20.1. The van der Waals surface area contributed by atoms with Crippen molar-refractivity contribution in [1.29, 1.82) is 5.26 Å². The molecule has 150 valence electrons. The van der Waals surface area contributed by atoms with E-state index in [2.05, 4.69) is 10.3 Å². The minimum atomic E-state index is -0.365. The fourth-order valence-corrected chi connectivity index (χ4v) is 3.36. The van der Waals surface area contributed by atoms with Gasteiger partial charge in [-0.3, -0.25) is 9.59 Å². The Morgan fingerprint density at radius 2 is 1.77 bits per heavy atom. The fourth-order valence-electron chi connectivity index (χ4n) is 3.23. The number of amides is 1. The van der Waals surface area contributed by atoms with Crippen LogP contribution < -0.4 is 5.32 Å². The van der Waals surface area contributed by atoms with Gasteiger partial charge >= 0.3 is 0 Å². The minimum Gasteiger partial charge on any atom is -0.360 e. The monoisotopic (exact) mass is 425 g/mol. The van der Waals surface area contributed by atoms with Gasteiger partial charge in [0, 0.05) is 38.9 Å². The number of allylic oxidation sites excluding steroid dienone is 1. The zero-order chi connectivity index (χ0) is 21.8. The maximum Gasteiger partial charge on any atom is 0.255 e. The number of nitrogens with zero attached hydrogens (tertiary/aromatic N) is 1. The van der Waals surface area contributed by atoms with Crippen LogP contribution in [-0.4, -0.2) is 16.7 Å². The maximum absolute atomic E-state index is 12.9. The molecule has 0 radical (unpaired) electrons. The van der Waals surface area contributed by atoms with E-state index in [1.54, 1.807) is 54.7 Å². The number of carbonyl (C=O) groups is 2. The molecule has 3 aromatic carbocycles. The number of benzene rings is 3. The van der Waals surface area contributed by atoms with E-state index in [9.17, 15) is 14.9 Å². The van der Waals surface area contributed by atoms with Crippen molar-refractivity contribution in [2.75, 3.05) is 5.32 Å². The second-order valence-electron chi connectivity index (χ2n) is 6.83. The quantitative estimate of drug-likeness (QED) is 0.238. The van der Waals surface area contributed by atoms with E-state index >= 15 is 0 Å². The van der Waals surface area contributed by atoms with Gasteiger partial charge in [0.2, 0.25) is 5.78 Å². The van der Waals surface area contributed by atoms with Crippen LogP contribution in [0.25, 0.3) is 17.0 Å². The Labute approximate surface area is 183 Å². The van der Waals surface area contributed by atoms with Crippen molar-refractivity contribution in [2.24, 2.45) is 0 Å². The van der Waals surface area contributed by atoms with Gasteiger partial charge in [-0.2, -0.15) is 5.26 Å². The number of rotatable bonds is 5. The molecule has 0 bridgehead atoms. The summed E-state index contributed by atoms with van der Waals surface area (Å²) in [5.41, 5.74) is 2.92. The molecule has 0 aliphatic heterocycles. The highest BCUT2D eigenvalue weighted by Crippen LogP contribution is 2.22. The van der Waals surface area contributed by atoms with Gasteiger partial charge in [-0.1, -0.05) is 41.9 Å². The van der Waals surface area contributed by atoms with E-state index in [1.165, 1.54) is 6.08 Å². The number of carbonyl (C=O) groups excluding carboxylic acids is 2. The van der Waals surface area contributed by atoms with Crippen molar-refractivity contribution in [3.05, 3.63) is 106 Å². The molecule has 0 atom stereocenters. The SMILES string of the molecule is N#C/C(=C\c1cccc(NC(=O)c2ccc(Cl)cc2)c1)C(=O)c1c[nH]c2ccccc12. The first-order chi connectivity index (χ1) is 15.0. The molecule has 0 aliphatic rings. The van der Waals surface area contributed by atoms with E-state index in [4.69, 9.17) is 11.6 Å². The summed E-state index contributed by atoms with van der Waals surface area (Å²) in [4.78, 5) is 28.4. The summed E-state index contributed by atoms with van der Waals surface area (Å²) in [6, 6.07) is 22.9. The van der Waals surface area contributed by atoms with E-state index in [1.807, 2.05) is 30.3 Å². The average Bonchev–Trinajstić information content (AvgIpc) is 3.22. The lowest BCUT2D eigenvalue weighted by Crippen LogP contribution is -2.11. The van der Waals surface area contributed by atoms with Gasteiger partial charge in [0.05, 0.1) is 0 Å². The lowest BCUT2D eigenvalue weighted by Gasteiger charge is -2.06. The van der Waals surface area contributed by atoms with Crippen molar-refractivity contribution in [3.8, 4) is 6.07 Å². The summed E-state index contributed by atoms with van der Waals surface area (Å²) in [5.74, 6) is -0.649. The predicted octanol–water partition coefficient (Wildman–Crippen LogP) is 5.86. The molecule has 5 nitrogen and oxygen atoms in total. The summed E-state index contributed by atoms with van der Waals surface area (Å²) in [6.45, 7) is 0. The molecule has 1 heterocycles. The van der Waals surface area contributed by atoms with Gasteiger partial charge in [0.1, 0.15) is 11.6 Å². The van der Waals surface area contributed by atoms with Gasteiger partial charge in [0.25, 0.3) is 5.91 Å². The Bertz CT molecular complexity index is 1360. The molecule has 6 heteroatoms. The number of aromatic amines is 1. The van der Waals surface area contributed by atoms with E-state index in [0.29, 0.717) is 27.4 Å². The minimum absolute atomic E-state index is 0.00549. The molecular formula is C25H16ClN3O2.